The summed E-state index contributed by atoms with van der Waals surface area (Å²) in [5.74, 6) is -2.62. The van der Waals surface area contributed by atoms with Crippen LogP contribution >= 0.6 is 12.4 Å². The number of halogens is 3. The summed E-state index contributed by atoms with van der Waals surface area (Å²) in [7, 11) is 1.44. The van der Waals surface area contributed by atoms with Crippen LogP contribution < -0.4 is 10.5 Å². The Morgan fingerprint density at radius 3 is 2.50 bits per heavy atom. The van der Waals surface area contributed by atoms with E-state index in [0.29, 0.717) is 5.75 Å². The molecule has 0 radical (unpaired) electrons. The van der Waals surface area contributed by atoms with E-state index in [9.17, 15) is 8.78 Å². The summed E-state index contributed by atoms with van der Waals surface area (Å²) in [6, 6.07) is 2.62. The topological polar surface area (TPSA) is 48.1 Å². The molecule has 0 atom stereocenters. The van der Waals surface area contributed by atoms with Crippen LogP contribution in [0.25, 0.3) is 0 Å². The minimum atomic E-state index is -3.06. The van der Waals surface area contributed by atoms with Crippen LogP contribution in [-0.2, 0) is 5.92 Å². The van der Waals surface area contributed by atoms with Gasteiger partial charge in [0.2, 0.25) is 0 Å². The van der Waals surface area contributed by atoms with Crippen LogP contribution in [0.4, 0.5) is 8.78 Å². The lowest BCUT2D eigenvalue weighted by atomic mass is 10.2. The number of alkyl halides is 2. The van der Waals surface area contributed by atoms with E-state index in [1.807, 2.05) is 0 Å². The third-order valence-corrected chi connectivity index (χ3v) is 1.60. The number of nitrogens with two attached hydrogens (primary N) is 1. The molecule has 6 heteroatoms. The zero-order valence-electron chi connectivity index (χ0n) is 7.54. The monoisotopic (exact) mass is 224 g/mol. The summed E-state index contributed by atoms with van der Waals surface area (Å²) >= 11 is 0. The number of hydrogen-bond donors (Lipinski definition) is 1. The third kappa shape index (κ3) is 2.78. The quantitative estimate of drug-likeness (QED) is 0.848. The Hall–Kier alpha value is -0.940. The van der Waals surface area contributed by atoms with Crippen molar-refractivity contribution in [2.24, 2.45) is 5.73 Å². The van der Waals surface area contributed by atoms with Gasteiger partial charge in [-0.3, -0.25) is 4.98 Å². The minimum Gasteiger partial charge on any atom is -0.495 e. The van der Waals surface area contributed by atoms with Gasteiger partial charge < -0.3 is 10.5 Å². The van der Waals surface area contributed by atoms with Gasteiger partial charge in [0.05, 0.1) is 19.9 Å². The molecule has 1 heterocycles. The average molecular weight is 225 g/mol. The number of rotatable bonds is 3. The number of aromatic nitrogens is 1. The zero-order chi connectivity index (χ0) is 9.90. The Labute approximate surface area is 86.7 Å². The summed E-state index contributed by atoms with van der Waals surface area (Å²) in [5, 5.41) is 0. The second-order valence-electron chi connectivity index (χ2n) is 2.49. The molecular weight excluding hydrogens is 214 g/mol. The van der Waals surface area contributed by atoms with E-state index >= 15 is 0 Å². The Morgan fingerprint density at radius 2 is 2.14 bits per heavy atom. The molecule has 1 aromatic rings. The fourth-order valence-corrected chi connectivity index (χ4v) is 0.822. The first-order chi connectivity index (χ1) is 6.10. The third-order valence-electron chi connectivity index (χ3n) is 1.60. The smallest absolute Gasteiger partial charge is 0.301 e. The van der Waals surface area contributed by atoms with E-state index in [4.69, 9.17) is 10.5 Å². The molecule has 0 bridgehead atoms. The van der Waals surface area contributed by atoms with Gasteiger partial charge in [0.15, 0.2) is 0 Å². The molecule has 1 aromatic heterocycles. The molecule has 0 amide bonds. The molecule has 0 fully saturated rings. The molecule has 0 aliphatic heterocycles. The van der Waals surface area contributed by atoms with Gasteiger partial charge in [-0.2, -0.15) is 8.78 Å². The van der Waals surface area contributed by atoms with Crippen LogP contribution in [0.15, 0.2) is 18.3 Å². The molecular formula is C8H11ClF2N2O. The van der Waals surface area contributed by atoms with Gasteiger partial charge in [-0.1, -0.05) is 0 Å². The highest BCUT2D eigenvalue weighted by Gasteiger charge is 2.30. The van der Waals surface area contributed by atoms with Crippen LogP contribution in [0, 0.1) is 0 Å². The molecule has 0 spiro atoms. The summed E-state index contributed by atoms with van der Waals surface area (Å²) in [6.45, 7) is -0.744. The SMILES string of the molecule is COc1ccc(C(F)(F)CN)nc1.Cl. The van der Waals surface area contributed by atoms with E-state index < -0.39 is 12.5 Å². The van der Waals surface area contributed by atoms with Crippen LogP contribution in [0.5, 0.6) is 5.75 Å². The molecule has 0 unspecified atom stereocenters. The number of nitrogens with zero attached hydrogens (tertiary/aromatic N) is 1. The average Bonchev–Trinajstić information content (AvgIpc) is 2.18. The number of methoxy groups -OCH3 is 1. The molecule has 0 saturated heterocycles. The second-order valence-corrected chi connectivity index (χ2v) is 2.49. The molecule has 2 N–H and O–H groups in total. The zero-order valence-corrected chi connectivity index (χ0v) is 8.35. The lowest BCUT2D eigenvalue weighted by Crippen LogP contribution is -2.26. The highest BCUT2D eigenvalue weighted by Crippen LogP contribution is 2.25. The molecule has 0 saturated carbocycles. The van der Waals surface area contributed by atoms with Gasteiger partial charge in [-0.15, -0.1) is 12.4 Å². The molecule has 80 valence electrons. The van der Waals surface area contributed by atoms with Crippen LogP contribution in [0.2, 0.25) is 0 Å². The van der Waals surface area contributed by atoms with E-state index in [2.05, 4.69) is 4.98 Å². The Kier molecular flexibility index (Phi) is 4.73. The summed E-state index contributed by atoms with van der Waals surface area (Å²) < 4.78 is 30.6. The predicted molar refractivity (Wildman–Crippen MR) is 51.0 cm³/mol. The molecule has 14 heavy (non-hydrogen) atoms. The predicted octanol–water partition coefficient (Wildman–Crippen LogP) is 1.56. The maximum Gasteiger partial charge on any atom is 0.301 e. The van der Waals surface area contributed by atoms with Crippen molar-refractivity contribution in [3.05, 3.63) is 24.0 Å². The maximum absolute atomic E-state index is 12.9. The van der Waals surface area contributed by atoms with Gasteiger partial charge in [-0.05, 0) is 12.1 Å². The van der Waals surface area contributed by atoms with Crippen LogP contribution in [-0.4, -0.2) is 18.6 Å². The fraction of sp³-hybridized carbons (Fsp3) is 0.375. The van der Waals surface area contributed by atoms with Crippen LogP contribution in [0.3, 0.4) is 0 Å². The van der Waals surface area contributed by atoms with Crippen molar-refractivity contribution >= 4 is 12.4 Å². The highest BCUT2D eigenvalue weighted by atomic mass is 35.5. The first kappa shape index (κ1) is 13.1. The van der Waals surface area contributed by atoms with E-state index in [0.717, 1.165) is 0 Å². The lowest BCUT2D eigenvalue weighted by Gasteiger charge is -2.12. The molecule has 0 aromatic carbocycles. The van der Waals surface area contributed by atoms with E-state index in [1.165, 1.54) is 25.4 Å². The number of hydrogen-bond acceptors (Lipinski definition) is 3. The molecule has 1 rings (SSSR count). The van der Waals surface area contributed by atoms with Gasteiger partial charge >= 0.3 is 5.92 Å². The van der Waals surface area contributed by atoms with E-state index in [1.54, 1.807) is 0 Å². The van der Waals surface area contributed by atoms with Crippen molar-refractivity contribution in [1.82, 2.24) is 4.98 Å². The largest absolute Gasteiger partial charge is 0.495 e. The fourth-order valence-electron chi connectivity index (χ4n) is 0.822. The van der Waals surface area contributed by atoms with Gasteiger partial charge in [0, 0.05) is 0 Å². The Morgan fingerprint density at radius 1 is 1.50 bits per heavy atom. The van der Waals surface area contributed by atoms with Gasteiger partial charge in [0.25, 0.3) is 0 Å². The minimum absolute atomic E-state index is 0. The molecule has 3 nitrogen and oxygen atoms in total. The number of pyridine rings is 1. The molecule has 0 aliphatic carbocycles. The standard InChI is InChI=1S/C8H10F2N2O.ClH/c1-13-6-2-3-7(12-4-6)8(9,10)5-11;/h2-4H,5,11H2,1H3;1H. The Balaban J connectivity index is 0.00000169. The number of ether oxygens (including phenoxy) is 1. The van der Waals surface area contributed by atoms with Gasteiger partial charge in [0.1, 0.15) is 11.4 Å². The van der Waals surface area contributed by atoms with Crippen molar-refractivity contribution in [3.8, 4) is 5.75 Å². The van der Waals surface area contributed by atoms with Crippen LogP contribution in [0.1, 0.15) is 5.69 Å². The first-order valence-corrected chi connectivity index (χ1v) is 3.68. The van der Waals surface area contributed by atoms with E-state index in [-0.39, 0.29) is 18.1 Å². The van der Waals surface area contributed by atoms with Gasteiger partial charge in [-0.25, -0.2) is 0 Å². The second kappa shape index (κ2) is 5.07. The molecule has 0 aliphatic rings. The Bertz CT molecular complexity index is 279. The van der Waals surface area contributed by atoms with Crippen molar-refractivity contribution in [3.63, 3.8) is 0 Å². The summed E-state index contributed by atoms with van der Waals surface area (Å²) in [6.07, 6.45) is 1.24. The van der Waals surface area contributed by atoms with Crippen molar-refractivity contribution in [1.29, 1.82) is 0 Å². The summed E-state index contributed by atoms with van der Waals surface area (Å²) in [4.78, 5) is 3.54. The van der Waals surface area contributed by atoms with Crippen molar-refractivity contribution in [2.45, 2.75) is 5.92 Å². The first-order valence-electron chi connectivity index (χ1n) is 3.68. The van der Waals surface area contributed by atoms with Crippen molar-refractivity contribution in [2.75, 3.05) is 13.7 Å². The maximum atomic E-state index is 12.9. The lowest BCUT2D eigenvalue weighted by molar-refractivity contribution is 0.00132. The summed E-state index contributed by atoms with van der Waals surface area (Å²) in [5.41, 5.74) is 4.55. The normalized spacial score (nSPS) is 10.6. The highest BCUT2D eigenvalue weighted by molar-refractivity contribution is 5.85. The van der Waals surface area contributed by atoms with Crippen molar-refractivity contribution < 1.29 is 13.5 Å².